The molecule has 67 heavy (non-hydrogen) atoms. The first-order valence-electron chi connectivity index (χ1n) is 22.6. The number of carbonyl (C=O) groups excluding carboxylic acids is 4. The molecular formula is C52H64O13Si2. The largest absolute Gasteiger partial charge is 0.493 e. The molecule has 8 unspecified atom stereocenters. The van der Waals surface area contributed by atoms with E-state index in [1.807, 2.05) is 97.1 Å². The Morgan fingerprint density at radius 3 is 1.21 bits per heavy atom. The zero-order chi connectivity index (χ0) is 48.6. The number of carbonyl (C=O) groups is 4. The van der Waals surface area contributed by atoms with Crippen LogP contribution in [0.3, 0.4) is 0 Å². The van der Waals surface area contributed by atoms with E-state index in [1.165, 1.54) is 34.0 Å². The zero-order valence-corrected chi connectivity index (χ0v) is 42.0. The molecule has 2 heterocycles. The normalized spacial score (nSPS) is 23.3. The van der Waals surface area contributed by atoms with Crippen molar-refractivity contribution in [3.63, 3.8) is 0 Å². The molecule has 13 nitrogen and oxygen atoms in total. The lowest BCUT2D eigenvalue weighted by Gasteiger charge is -2.48. The lowest BCUT2D eigenvalue weighted by atomic mass is 9.97. The minimum Gasteiger partial charge on any atom is -0.493 e. The van der Waals surface area contributed by atoms with Gasteiger partial charge in [0.05, 0.1) is 19.5 Å². The maximum atomic E-state index is 13.0. The minimum absolute atomic E-state index is 0.0468. The van der Waals surface area contributed by atoms with Gasteiger partial charge in [0.2, 0.25) is 0 Å². The van der Waals surface area contributed by atoms with Crippen LogP contribution in [0.5, 0.6) is 0 Å². The van der Waals surface area contributed by atoms with Crippen LogP contribution >= 0.6 is 0 Å². The Morgan fingerprint density at radius 1 is 0.478 bits per heavy atom. The summed E-state index contributed by atoms with van der Waals surface area (Å²) >= 11 is 0. The van der Waals surface area contributed by atoms with Gasteiger partial charge in [0, 0.05) is 27.7 Å². The van der Waals surface area contributed by atoms with E-state index in [9.17, 15) is 19.2 Å². The van der Waals surface area contributed by atoms with Gasteiger partial charge in [-0.1, -0.05) is 163 Å². The third-order valence-corrected chi connectivity index (χ3v) is 22.1. The highest BCUT2D eigenvalue weighted by atomic mass is 28.4. The van der Waals surface area contributed by atoms with Gasteiger partial charge in [-0.3, -0.25) is 19.2 Å². The molecule has 0 bridgehead atoms. The molecule has 0 radical (unpaired) electrons. The predicted molar refractivity (Wildman–Crippen MR) is 257 cm³/mol. The summed E-state index contributed by atoms with van der Waals surface area (Å²) < 4.78 is 58.3. The highest BCUT2D eigenvalue weighted by molar-refractivity contribution is 7.00. The van der Waals surface area contributed by atoms with Crippen molar-refractivity contribution < 1.29 is 61.2 Å². The van der Waals surface area contributed by atoms with Crippen molar-refractivity contribution >= 4 is 61.3 Å². The molecule has 1 saturated heterocycles. The first-order chi connectivity index (χ1) is 31.8. The van der Waals surface area contributed by atoms with Crippen molar-refractivity contribution in [2.75, 3.05) is 13.2 Å². The SMILES string of the molecule is CC(=O)OC1C=COC(CO[Si](c2ccccc2)(c2ccccc2)C(C)(C)C)C1OC1OC(CO[Si](c2ccccc2)(c2ccccc2)C(C)(C)C)C(OC(C)=O)C(OC(C)=O)C1OC(C)=O. The fourth-order valence-corrected chi connectivity index (χ4v) is 18.5. The van der Waals surface area contributed by atoms with Crippen LogP contribution in [0.2, 0.25) is 10.1 Å². The van der Waals surface area contributed by atoms with Gasteiger partial charge in [-0.05, 0) is 36.9 Å². The number of ether oxygens (including phenoxy) is 7. The van der Waals surface area contributed by atoms with E-state index in [1.54, 1.807) is 6.08 Å². The lowest BCUT2D eigenvalue weighted by molar-refractivity contribution is -0.327. The van der Waals surface area contributed by atoms with E-state index in [4.69, 9.17) is 42.0 Å². The molecule has 8 atom stereocenters. The topological polar surface area (TPSA) is 151 Å². The maximum Gasteiger partial charge on any atom is 0.303 e. The van der Waals surface area contributed by atoms with Crippen molar-refractivity contribution in [2.45, 2.75) is 128 Å². The molecule has 0 saturated carbocycles. The second-order valence-corrected chi connectivity index (χ2v) is 27.5. The quantitative estimate of drug-likeness (QED) is 0.0747. The van der Waals surface area contributed by atoms with Crippen LogP contribution in [0, 0.1) is 0 Å². The molecule has 0 amide bonds. The van der Waals surface area contributed by atoms with Gasteiger partial charge in [-0.15, -0.1) is 0 Å². The Hall–Kier alpha value is -5.43. The number of hydrogen-bond acceptors (Lipinski definition) is 13. The summed E-state index contributed by atoms with van der Waals surface area (Å²) in [6.45, 7) is 17.5. The predicted octanol–water partition coefficient (Wildman–Crippen LogP) is 5.89. The van der Waals surface area contributed by atoms with E-state index in [0.29, 0.717) is 0 Å². The van der Waals surface area contributed by atoms with E-state index >= 15 is 0 Å². The first-order valence-corrected chi connectivity index (χ1v) is 26.4. The molecule has 4 aromatic carbocycles. The number of rotatable bonds is 16. The summed E-state index contributed by atoms with van der Waals surface area (Å²) in [6, 6.07) is 40.1. The lowest BCUT2D eigenvalue weighted by Crippen LogP contribution is -2.69. The molecule has 0 aromatic heterocycles. The number of benzene rings is 4. The highest BCUT2D eigenvalue weighted by Crippen LogP contribution is 2.40. The molecule has 0 N–H and O–H groups in total. The van der Waals surface area contributed by atoms with Crippen LogP contribution in [-0.2, 0) is 61.2 Å². The molecule has 15 heteroatoms. The molecule has 0 spiro atoms. The molecule has 2 aliphatic rings. The van der Waals surface area contributed by atoms with Gasteiger partial charge in [0.25, 0.3) is 16.6 Å². The minimum atomic E-state index is -3.26. The van der Waals surface area contributed by atoms with Gasteiger partial charge in [-0.2, -0.15) is 0 Å². The van der Waals surface area contributed by atoms with Crippen LogP contribution in [0.15, 0.2) is 134 Å². The molecule has 2 aliphatic heterocycles. The molecular weight excluding hydrogens is 889 g/mol. The third-order valence-electron chi connectivity index (χ3n) is 12.1. The van der Waals surface area contributed by atoms with Crippen LogP contribution in [0.25, 0.3) is 0 Å². The first kappa shape index (κ1) is 51.0. The van der Waals surface area contributed by atoms with Gasteiger partial charge < -0.3 is 42.0 Å². The Bertz CT molecular complexity index is 2220. The van der Waals surface area contributed by atoms with E-state index in [-0.39, 0.29) is 13.2 Å². The third kappa shape index (κ3) is 11.5. The summed E-state index contributed by atoms with van der Waals surface area (Å²) in [7, 11) is -6.42. The monoisotopic (exact) mass is 952 g/mol. The van der Waals surface area contributed by atoms with Gasteiger partial charge >= 0.3 is 23.9 Å². The van der Waals surface area contributed by atoms with Crippen molar-refractivity contribution in [3.05, 3.63) is 134 Å². The Labute approximate surface area is 396 Å². The van der Waals surface area contributed by atoms with Gasteiger partial charge in [0.15, 0.2) is 30.7 Å². The van der Waals surface area contributed by atoms with Crippen LogP contribution in [0.1, 0.15) is 69.2 Å². The smallest absolute Gasteiger partial charge is 0.303 e. The average Bonchev–Trinajstić information content (AvgIpc) is 3.27. The summed E-state index contributed by atoms with van der Waals surface area (Å²) in [4.78, 5) is 51.7. The number of hydrogen-bond donors (Lipinski definition) is 0. The van der Waals surface area contributed by atoms with E-state index in [0.717, 1.165) is 20.7 Å². The summed E-state index contributed by atoms with van der Waals surface area (Å²) in [5.41, 5.74) is 0. The van der Waals surface area contributed by atoms with Crippen molar-refractivity contribution in [1.82, 2.24) is 0 Å². The van der Waals surface area contributed by atoms with Crippen LogP contribution in [-0.4, -0.2) is 103 Å². The second-order valence-electron chi connectivity index (χ2n) is 18.9. The van der Waals surface area contributed by atoms with Crippen molar-refractivity contribution in [3.8, 4) is 0 Å². The standard InChI is InChI=1S/C52H64O13Si2/c1-35(53)60-43-31-32-57-44(33-58-66(51(5,6)7,39-23-15-11-16-24-39)40-25-17-12-18-26-40)46(43)65-50-49(63-38(4)56)48(62-37(3)55)47(61-36(2)54)45(64-50)34-59-67(52(8,9)10,41-27-19-13-20-28-41)42-29-21-14-22-30-42/h11-32,43-50H,33-34H2,1-10H3. The highest BCUT2D eigenvalue weighted by Gasteiger charge is 2.57. The van der Waals surface area contributed by atoms with Gasteiger partial charge in [0.1, 0.15) is 18.3 Å². The molecule has 1 fully saturated rings. The maximum absolute atomic E-state index is 13.0. The Balaban J connectivity index is 1.45. The molecule has 358 valence electrons. The van der Waals surface area contributed by atoms with E-state index in [2.05, 4.69) is 65.8 Å². The fraction of sp³-hybridized carbons (Fsp3) is 0.423. The van der Waals surface area contributed by atoms with Crippen molar-refractivity contribution in [1.29, 1.82) is 0 Å². The Morgan fingerprint density at radius 2 is 0.836 bits per heavy atom. The molecule has 0 aliphatic carbocycles. The van der Waals surface area contributed by atoms with Crippen LogP contribution < -0.4 is 20.7 Å². The van der Waals surface area contributed by atoms with Crippen molar-refractivity contribution in [2.24, 2.45) is 0 Å². The van der Waals surface area contributed by atoms with Crippen LogP contribution in [0.4, 0.5) is 0 Å². The summed E-state index contributed by atoms with van der Waals surface area (Å²) in [6.07, 6.45) is -7.17. The second kappa shape index (κ2) is 21.7. The fourth-order valence-electron chi connectivity index (χ4n) is 9.41. The Kier molecular flexibility index (Phi) is 16.5. The summed E-state index contributed by atoms with van der Waals surface area (Å²) in [5, 5.41) is 3.16. The average molecular weight is 953 g/mol. The van der Waals surface area contributed by atoms with Gasteiger partial charge in [-0.25, -0.2) is 0 Å². The molecule has 6 rings (SSSR count). The summed E-state index contributed by atoms with van der Waals surface area (Å²) in [5.74, 6) is -2.80. The van der Waals surface area contributed by atoms with E-state index < -0.39 is 99.6 Å². The molecule has 4 aromatic rings. The zero-order valence-electron chi connectivity index (χ0n) is 40.0. The number of esters is 4.